The Hall–Kier alpha value is -3.22. The fraction of sp³-hybridized carbons (Fsp3) is 0.440. The van der Waals surface area contributed by atoms with Crippen molar-refractivity contribution in [2.45, 2.75) is 55.6 Å². The number of nitrogens with one attached hydrogen (secondary N) is 2. The summed E-state index contributed by atoms with van der Waals surface area (Å²) in [5, 5.41) is 17.1. The normalized spacial score (nSPS) is 21.8. The zero-order chi connectivity index (χ0) is 27.3. The second-order valence-corrected chi connectivity index (χ2v) is 11.8. The lowest BCUT2D eigenvalue weighted by atomic mass is 9.77. The number of carbonyl (C=O) groups excluding carboxylic acids is 1. The first-order valence-electron chi connectivity index (χ1n) is 12.2. The molecule has 0 bridgehead atoms. The Morgan fingerprint density at radius 1 is 1.32 bits per heavy atom. The van der Waals surface area contributed by atoms with E-state index in [2.05, 4.69) is 20.2 Å². The summed E-state index contributed by atoms with van der Waals surface area (Å²) in [7, 11) is -4.27. The van der Waals surface area contributed by atoms with E-state index in [0.717, 1.165) is 48.5 Å². The maximum absolute atomic E-state index is 12.9. The van der Waals surface area contributed by atoms with Crippen LogP contribution in [0.5, 0.6) is 0 Å². The number of hydrogen-bond donors (Lipinski definition) is 3. The van der Waals surface area contributed by atoms with Crippen LogP contribution >= 0.6 is 11.6 Å². The minimum absolute atomic E-state index is 0.0322. The monoisotopic (exact) mass is 563 g/mol. The Labute approximate surface area is 226 Å². The fourth-order valence-electron chi connectivity index (χ4n) is 4.69. The quantitative estimate of drug-likeness (QED) is 0.373. The molecule has 0 radical (unpaired) electrons. The molecule has 1 amide bonds. The molecule has 204 valence electrons. The van der Waals surface area contributed by atoms with Gasteiger partial charge in [-0.1, -0.05) is 28.9 Å². The minimum atomic E-state index is -4.27. The van der Waals surface area contributed by atoms with Gasteiger partial charge in [-0.3, -0.25) is 14.5 Å². The number of hydrogen-bond acceptors (Lipinski definition) is 8. The summed E-state index contributed by atoms with van der Waals surface area (Å²) < 4.78 is 27.9. The molecular formula is C25H30ClN5O6S. The number of nitrogens with zero attached hydrogens (tertiary/aromatic N) is 3. The minimum Gasteiger partial charge on any atom is -0.480 e. The summed E-state index contributed by atoms with van der Waals surface area (Å²) in [6.07, 6.45) is 5.73. The van der Waals surface area contributed by atoms with Crippen LogP contribution < -0.4 is 10.0 Å². The lowest BCUT2D eigenvalue weighted by Crippen LogP contribution is -2.50. The predicted molar refractivity (Wildman–Crippen MR) is 141 cm³/mol. The van der Waals surface area contributed by atoms with E-state index in [1.54, 1.807) is 19.2 Å². The van der Waals surface area contributed by atoms with E-state index in [-0.39, 0.29) is 15.8 Å². The van der Waals surface area contributed by atoms with Crippen molar-refractivity contribution in [2.75, 3.05) is 18.4 Å². The fourth-order valence-corrected chi connectivity index (χ4v) is 6.47. The van der Waals surface area contributed by atoms with Crippen LogP contribution in [0.25, 0.3) is 0 Å². The highest BCUT2D eigenvalue weighted by atomic mass is 35.5. The maximum atomic E-state index is 12.9. The van der Waals surface area contributed by atoms with Gasteiger partial charge in [-0.2, -0.15) is 4.72 Å². The van der Waals surface area contributed by atoms with Crippen molar-refractivity contribution >= 4 is 45.7 Å². The first-order valence-corrected chi connectivity index (χ1v) is 14.1. The molecule has 1 aliphatic heterocycles. The van der Waals surface area contributed by atoms with Gasteiger partial charge < -0.3 is 15.3 Å². The highest BCUT2D eigenvalue weighted by molar-refractivity contribution is 7.89. The topological polar surface area (TPSA) is 150 Å². The van der Waals surface area contributed by atoms with Crippen LogP contribution in [0.1, 0.15) is 37.7 Å². The average Bonchev–Trinajstić information content (AvgIpc) is 3.29. The van der Waals surface area contributed by atoms with Gasteiger partial charge >= 0.3 is 5.97 Å². The van der Waals surface area contributed by atoms with Crippen molar-refractivity contribution in [1.82, 2.24) is 14.6 Å². The van der Waals surface area contributed by atoms with Gasteiger partial charge in [0.25, 0.3) is 0 Å². The number of anilines is 1. The van der Waals surface area contributed by atoms with Gasteiger partial charge in [0, 0.05) is 12.7 Å². The van der Waals surface area contributed by atoms with Crippen LogP contribution in [0.4, 0.5) is 5.82 Å². The molecule has 2 aliphatic rings. The Morgan fingerprint density at radius 3 is 2.71 bits per heavy atom. The zero-order valence-corrected chi connectivity index (χ0v) is 22.4. The lowest BCUT2D eigenvalue weighted by molar-refractivity contribution is -0.139. The average molecular weight is 564 g/mol. The Kier molecular flexibility index (Phi) is 8.54. The van der Waals surface area contributed by atoms with Crippen molar-refractivity contribution in [3.8, 4) is 0 Å². The number of aryl methyl sites for hydroxylation is 1. The second kappa shape index (κ2) is 11.7. The van der Waals surface area contributed by atoms with Gasteiger partial charge in [0.15, 0.2) is 5.84 Å². The third kappa shape index (κ3) is 6.61. The van der Waals surface area contributed by atoms with E-state index in [4.69, 9.17) is 16.4 Å². The highest BCUT2D eigenvalue weighted by Gasteiger charge is 2.44. The third-order valence-corrected chi connectivity index (χ3v) is 8.84. The number of amidine groups is 1. The molecule has 4 rings (SSSR count). The van der Waals surface area contributed by atoms with Gasteiger partial charge in [0.1, 0.15) is 22.4 Å². The van der Waals surface area contributed by atoms with Gasteiger partial charge in [-0.25, -0.2) is 13.4 Å². The molecule has 3 N–H and O–H groups in total. The molecule has 2 aromatic rings. The SMILES string of the molecule is Cc1ccc(S(=O)(=O)N[C@@H](CN(C=O)C2=NOC3(CCC(CNc4ccccn4)CC3)C2)C(=O)O)c(Cl)c1. The number of aromatic nitrogens is 1. The van der Waals surface area contributed by atoms with Crippen molar-refractivity contribution in [1.29, 1.82) is 0 Å². The number of amides is 1. The second-order valence-electron chi connectivity index (χ2n) is 9.70. The molecule has 0 saturated heterocycles. The number of carboxylic acids is 1. The van der Waals surface area contributed by atoms with E-state index < -0.39 is 34.2 Å². The molecule has 2 heterocycles. The van der Waals surface area contributed by atoms with Gasteiger partial charge in [0.05, 0.1) is 18.0 Å². The van der Waals surface area contributed by atoms with Gasteiger partial charge in [-0.15, -0.1) is 0 Å². The van der Waals surface area contributed by atoms with E-state index in [1.807, 2.05) is 18.2 Å². The van der Waals surface area contributed by atoms with E-state index in [0.29, 0.717) is 18.7 Å². The molecular weight excluding hydrogens is 534 g/mol. The zero-order valence-electron chi connectivity index (χ0n) is 20.8. The van der Waals surface area contributed by atoms with E-state index in [9.17, 15) is 23.1 Å². The molecule has 1 aromatic carbocycles. The lowest BCUT2D eigenvalue weighted by Gasteiger charge is -2.35. The van der Waals surface area contributed by atoms with Crippen LogP contribution in [0.3, 0.4) is 0 Å². The Balaban J connectivity index is 1.35. The van der Waals surface area contributed by atoms with Crippen LogP contribution in [0.2, 0.25) is 5.02 Å². The number of halogens is 1. The van der Waals surface area contributed by atoms with Crippen LogP contribution in [-0.2, 0) is 24.4 Å². The van der Waals surface area contributed by atoms with E-state index in [1.165, 1.54) is 12.1 Å². The van der Waals surface area contributed by atoms with Crippen molar-refractivity contribution < 1.29 is 28.0 Å². The number of oxime groups is 1. The summed E-state index contributed by atoms with van der Waals surface area (Å²) in [4.78, 5) is 34.7. The first-order chi connectivity index (χ1) is 18.1. The smallest absolute Gasteiger partial charge is 0.323 e. The molecule has 13 heteroatoms. The van der Waals surface area contributed by atoms with E-state index >= 15 is 0 Å². The standard InChI is InChI=1S/C25H30ClN5O6S/c1-17-5-6-21(19(26)12-17)38(35,36)30-20(24(33)34)15-31(16-32)23-13-25(37-29-23)9-7-18(8-10-25)14-28-22-4-2-3-11-27-22/h2-6,11-12,16,18,20,30H,7-10,13-15H2,1H3,(H,27,28)(H,33,34)/t18?,20-,25?/m0/s1. The van der Waals surface area contributed by atoms with Crippen molar-refractivity contribution in [2.24, 2.45) is 11.1 Å². The van der Waals surface area contributed by atoms with Crippen molar-refractivity contribution in [3.05, 3.63) is 53.2 Å². The molecule has 1 fully saturated rings. The van der Waals surface area contributed by atoms with Crippen LogP contribution in [0.15, 0.2) is 52.6 Å². The number of carboxylic acid groups (broad SMARTS) is 1. The first kappa shape index (κ1) is 27.8. The molecule has 1 aromatic heterocycles. The Morgan fingerprint density at radius 2 is 2.08 bits per heavy atom. The summed E-state index contributed by atoms with van der Waals surface area (Å²) in [6.45, 7) is 2.07. The van der Waals surface area contributed by atoms with Gasteiger partial charge in [0.2, 0.25) is 16.4 Å². The summed E-state index contributed by atoms with van der Waals surface area (Å²) >= 11 is 6.08. The molecule has 0 unspecified atom stereocenters. The summed E-state index contributed by atoms with van der Waals surface area (Å²) in [5.74, 6) is 0.0740. The molecule has 1 saturated carbocycles. The summed E-state index contributed by atoms with van der Waals surface area (Å²) in [5.41, 5.74) is 0.189. The molecule has 1 atom stereocenters. The largest absolute Gasteiger partial charge is 0.480 e. The molecule has 1 spiro atoms. The highest BCUT2D eigenvalue weighted by Crippen LogP contribution is 2.41. The molecule has 11 nitrogen and oxygen atoms in total. The molecule has 1 aliphatic carbocycles. The molecule has 38 heavy (non-hydrogen) atoms. The number of carbonyl (C=O) groups is 2. The maximum Gasteiger partial charge on any atom is 0.323 e. The predicted octanol–water partition coefficient (Wildman–Crippen LogP) is 3.01. The van der Waals surface area contributed by atoms with Crippen molar-refractivity contribution in [3.63, 3.8) is 0 Å². The number of benzene rings is 1. The number of sulfonamides is 1. The number of aliphatic carboxylic acids is 1. The van der Waals surface area contributed by atoms with Gasteiger partial charge in [-0.05, 0) is 68.4 Å². The van der Waals surface area contributed by atoms with Crippen LogP contribution in [-0.4, -0.2) is 66.4 Å². The van der Waals surface area contributed by atoms with Crippen LogP contribution in [0, 0.1) is 12.8 Å². The third-order valence-electron chi connectivity index (χ3n) is 6.89. The Bertz CT molecular complexity index is 1300. The number of pyridine rings is 1. The number of rotatable bonds is 10. The summed E-state index contributed by atoms with van der Waals surface area (Å²) in [6, 6.07) is 8.40.